The number of fused-ring (bicyclic) bond motifs is 1. The van der Waals surface area contributed by atoms with Gasteiger partial charge in [0.2, 0.25) is 5.91 Å². The van der Waals surface area contributed by atoms with Crippen LogP contribution in [0.4, 0.5) is 0 Å². The number of amides is 1. The number of rotatable bonds is 5. The molecule has 8 heteroatoms. The first-order chi connectivity index (χ1) is 15.2. The maximum absolute atomic E-state index is 12.6. The van der Waals surface area contributed by atoms with Crippen molar-refractivity contribution in [3.05, 3.63) is 66.8 Å². The number of imidazole rings is 1. The van der Waals surface area contributed by atoms with Gasteiger partial charge in [-0.3, -0.25) is 19.4 Å². The molecular weight excluding hydrogens is 390 g/mol. The fourth-order valence-electron chi connectivity index (χ4n) is 4.38. The van der Waals surface area contributed by atoms with E-state index in [4.69, 9.17) is 0 Å². The third-order valence-corrected chi connectivity index (χ3v) is 6.05. The van der Waals surface area contributed by atoms with Crippen molar-refractivity contribution in [2.75, 3.05) is 0 Å². The van der Waals surface area contributed by atoms with Crippen molar-refractivity contribution in [1.29, 1.82) is 0 Å². The van der Waals surface area contributed by atoms with E-state index in [1.807, 2.05) is 46.7 Å². The van der Waals surface area contributed by atoms with Gasteiger partial charge in [0.15, 0.2) is 0 Å². The summed E-state index contributed by atoms with van der Waals surface area (Å²) in [6.07, 6.45) is 17.0. The Morgan fingerprint density at radius 2 is 2.00 bits per heavy atom. The van der Waals surface area contributed by atoms with Gasteiger partial charge in [0.1, 0.15) is 5.65 Å². The summed E-state index contributed by atoms with van der Waals surface area (Å²) >= 11 is 0. The van der Waals surface area contributed by atoms with Crippen molar-refractivity contribution in [1.82, 2.24) is 34.4 Å². The molecule has 1 aliphatic carbocycles. The molecule has 0 aliphatic heterocycles. The van der Waals surface area contributed by atoms with Gasteiger partial charge in [0.25, 0.3) is 0 Å². The zero-order chi connectivity index (χ0) is 21.2. The van der Waals surface area contributed by atoms with Crippen molar-refractivity contribution in [2.45, 2.75) is 51.1 Å². The standard InChI is InChI=1S/C23H25N7O/c1-16-3-2-10-29-20(13-26-23(16)29)11-22(31)28-18-4-6-19(7-5-18)30-15-17(12-27-30)21-14-24-8-9-25-21/h2-3,8-10,12-15,18-19H,4-7,11H2,1H3,(H,28,31). The van der Waals surface area contributed by atoms with Gasteiger partial charge in [0, 0.05) is 42.6 Å². The molecule has 0 bridgehead atoms. The van der Waals surface area contributed by atoms with Crippen LogP contribution in [0.3, 0.4) is 0 Å². The summed E-state index contributed by atoms with van der Waals surface area (Å²) < 4.78 is 4.03. The lowest BCUT2D eigenvalue weighted by Crippen LogP contribution is -2.39. The van der Waals surface area contributed by atoms with Gasteiger partial charge in [-0.25, -0.2) is 4.98 Å². The lowest BCUT2D eigenvalue weighted by atomic mass is 9.91. The molecule has 4 aromatic heterocycles. The van der Waals surface area contributed by atoms with E-state index in [1.165, 1.54) is 0 Å². The summed E-state index contributed by atoms with van der Waals surface area (Å²) in [6.45, 7) is 2.03. The van der Waals surface area contributed by atoms with Crippen LogP contribution in [0.5, 0.6) is 0 Å². The second-order valence-corrected chi connectivity index (χ2v) is 8.18. The number of hydrogen-bond donors (Lipinski definition) is 1. The Balaban J connectivity index is 1.16. The molecule has 158 valence electrons. The SMILES string of the molecule is Cc1cccn2c(CC(=O)NC3CCC(n4cc(-c5cnccn5)cn4)CC3)cnc12. The summed E-state index contributed by atoms with van der Waals surface area (Å²) in [5, 5.41) is 7.75. The molecule has 4 aromatic rings. The Morgan fingerprint density at radius 3 is 2.81 bits per heavy atom. The molecular formula is C23H25N7O. The van der Waals surface area contributed by atoms with Gasteiger partial charge in [-0.05, 0) is 44.2 Å². The fraction of sp³-hybridized carbons (Fsp3) is 0.348. The maximum atomic E-state index is 12.6. The summed E-state index contributed by atoms with van der Waals surface area (Å²) in [4.78, 5) is 25.5. The molecule has 1 fully saturated rings. The Morgan fingerprint density at radius 1 is 1.13 bits per heavy atom. The van der Waals surface area contributed by atoms with Crippen LogP contribution >= 0.6 is 0 Å². The van der Waals surface area contributed by atoms with Gasteiger partial charge in [-0.2, -0.15) is 5.10 Å². The lowest BCUT2D eigenvalue weighted by molar-refractivity contribution is -0.121. The third-order valence-electron chi connectivity index (χ3n) is 6.05. The number of aromatic nitrogens is 6. The average Bonchev–Trinajstić information content (AvgIpc) is 3.44. The molecule has 0 spiro atoms. The van der Waals surface area contributed by atoms with E-state index in [1.54, 1.807) is 24.8 Å². The van der Waals surface area contributed by atoms with E-state index < -0.39 is 0 Å². The summed E-state index contributed by atoms with van der Waals surface area (Å²) in [6, 6.07) is 4.57. The topological polar surface area (TPSA) is 90.0 Å². The van der Waals surface area contributed by atoms with Crippen LogP contribution < -0.4 is 5.32 Å². The molecule has 0 aromatic carbocycles. The number of nitrogens with zero attached hydrogens (tertiary/aromatic N) is 6. The highest BCUT2D eigenvalue weighted by molar-refractivity contribution is 5.78. The maximum Gasteiger partial charge on any atom is 0.226 e. The number of carbonyl (C=O) groups is 1. The van der Waals surface area contributed by atoms with Crippen LogP contribution in [0.25, 0.3) is 16.9 Å². The van der Waals surface area contributed by atoms with Crippen LogP contribution in [0, 0.1) is 6.92 Å². The first-order valence-corrected chi connectivity index (χ1v) is 10.7. The largest absolute Gasteiger partial charge is 0.353 e. The second-order valence-electron chi connectivity index (χ2n) is 8.18. The molecule has 1 amide bonds. The Bertz CT molecular complexity index is 1190. The highest BCUT2D eigenvalue weighted by atomic mass is 16.1. The molecule has 8 nitrogen and oxygen atoms in total. The van der Waals surface area contributed by atoms with E-state index in [-0.39, 0.29) is 11.9 Å². The average molecular weight is 416 g/mol. The van der Waals surface area contributed by atoms with Gasteiger partial charge >= 0.3 is 0 Å². The van der Waals surface area contributed by atoms with Crippen molar-refractivity contribution in [3.63, 3.8) is 0 Å². The van der Waals surface area contributed by atoms with Crippen molar-refractivity contribution >= 4 is 11.6 Å². The van der Waals surface area contributed by atoms with E-state index in [0.29, 0.717) is 12.5 Å². The molecule has 0 saturated heterocycles. The predicted octanol–water partition coefficient (Wildman–Crippen LogP) is 3.14. The number of hydrogen-bond acceptors (Lipinski definition) is 5. The molecule has 1 aliphatic rings. The summed E-state index contributed by atoms with van der Waals surface area (Å²) in [7, 11) is 0. The molecule has 5 rings (SSSR count). The normalized spacial score (nSPS) is 18.9. The smallest absolute Gasteiger partial charge is 0.226 e. The zero-order valence-corrected chi connectivity index (χ0v) is 17.5. The molecule has 1 N–H and O–H groups in total. The van der Waals surface area contributed by atoms with E-state index in [9.17, 15) is 4.79 Å². The predicted molar refractivity (Wildman–Crippen MR) is 116 cm³/mol. The van der Waals surface area contributed by atoms with Crippen molar-refractivity contribution in [2.24, 2.45) is 0 Å². The molecule has 31 heavy (non-hydrogen) atoms. The first-order valence-electron chi connectivity index (χ1n) is 10.7. The molecule has 4 heterocycles. The van der Waals surface area contributed by atoms with Crippen LogP contribution in [-0.2, 0) is 11.2 Å². The van der Waals surface area contributed by atoms with E-state index in [0.717, 1.165) is 53.8 Å². The van der Waals surface area contributed by atoms with E-state index in [2.05, 4.69) is 25.4 Å². The van der Waals surface area contributed by atoms with Gasteiger partial charge in [-0.15, -0.1) is 0 Å². The first kappa shape index (κ1) is 19.4. The van der Waals surface area contributed by atoms with Crippen molar-refractivity contribution in [3.8, 4) is 11.3 Å². The highest BCUT2D eigenvalue weighted by Gasteiger charge is 2.24. The Hall–Kier alpha value is -3.55. The minimum Gasteiger partial charge on any atom is -0.353 e. The zero-order valence-electron chi connectivity index (χ0n) is 17.5. The van der Waals surface area contributed by atoms with Crippen molar-refractivity contribution < 1.29 is 4.79 Å². The minimum atomic E-state index is 0.0517. The van der Waals surface area contributed by atoms with E-state index >= 15 is 0 Å². The fourth-order valence-corrected chi connectivity index (χ4v) is 4.38. The van der Waals surface area contributed by atoms with Crippen LogP contribution in [0.2, 0.25) is 0 Å². The highest BCUT2D eigenvalue weighted by Crippen LogP contribution is 2.29. The second kappa shape index (κ2) is 8.29. The number of aryl methyl sites for hydroxylation is 1. The third kappa shape index (κ3) is 4.05. The monoisotopic (exact) mass is 415 g/mol. The minimum absolute atomic E-state index is 0.0517. The number of carbonyl (C=O) groups excluding carboxylic acids is 1. The number of pyridine rings is 1. The quantitative estimate of drug-likeness (QED) is 0.541. The lowest BCUT2D eigenvalue weighted by Gasteiger charge is -2.29. The van der Waals surface area contributed by atoms with Gasteiger partial charge in [0.05, 0.1) is 36.2 Å². The summed E-state index contributed by atoms with van der Waals surface area (Å²) in [5.41, 5.74) is 4.74. The Labute approximate surface area is 180 Å². The van der Waals surface area contributed by atoms with Crippen LogP contribution in [0.15, 0.2) is 55.5 Å². The van der Waals surface area contributed by atoms with Gasteiger partial charge in [-0.1, -0.05) is 6.07 Å². The molecule has 1 saturated carbocycles. The van der Waals surface area contributed by atoms with Gasteiger partial charge < -0.3 is 9.72 Å². The summed E-state index contributed by atoms with van der Waals surface area (Å²) in [5.74, 6) is 0.0517. The Kier molecular flexibility index (Phi) is 5.19. The molecule has 0 unspecified atom stereocenters. The van der Waals surface area contributed by atoms with Crippen LogP contribution in [0.1, 0.15) is 43.0 Å². The molecule has 0 radical (unpaired) electrons. The van der Waals surface area contributed by atoms with Crippen LogP contribution in [-0.4, -0.2) is 41.1 Å². The number of nitrogens with one attached hydrogen (secondary N) is 1. The molecule has 0 atom stereocenters.